The van der Waals surface area contributed by atoms with Crippen molar-refractivity contribution in [3.63, 3.8) is 0 Å². The summed E-state index contributed by atoms with van der Waals surface area (Å²) in [4.78, 5) is 95.7. The van der Waals surface area contributed by atoms with E-state index < -0.39 is 29.7 Å². The lowest BCUT2D eigenvalue weighted by Gasteiger charge is -2.49. The van der Waals surface area contributed by atoms with E-state index in [2.05, 4.69) is 40.5 Å². The van der Waals surface area contributed by atoms with Crippen LogP contribution in [0.5, 0.6) is 5.75 Å². The van der Waals surface area contributed by atoms with E-state index in [0.717, 1.165) is 98.9 Å². The lowest BCUT2D eigenvalue weighted by Crippen LogP contribution is -2.63. The van der Waals surface area contributed by atoms with E-state index in [1.54, 1.807) is 29.0 Å². The second-order valence-corrected chi connectivity index (χ2v) is 17.9. The molecular weight excluding hydrogens is 842 g/mol. The van der Waals surface area contributed by atoms with Gasteiger partial charge in [0.05, 0.1) is 22.8 Å². The van der Waals surface area contributed by atoms with E-state index in [4.69, 9.17) is 21.3 Å². The minimum Gasteiger partial charge on any atom is -0.478 e. The number of carbonyl (C=O) groups excluding carboxylic acids is 5. The van der Waals surface area contributed by atoms with Gasteiger partial charge in [-0.3, -0.25) is 48.8 Å². The molecule has 5 aliphatic heterocycles. The molecule has 18 nitrogen and oxygen atoms in total. The number of rotatable bonds is 12. The van der Waals surface area contributed by atoms with Gasteiger partial charge in [0.25, 0.3) is 23.3 Å². The molecule has 0 aliphatic carbocycles. The maximum Gasteiger partial charge on any atom is 0.293 e. The van der Waals surface area contributed by atoms with E-state index in [1.165, 1.54) is 7.05 Å². The van der Waals surface area contributed by atoms with Crippen molar-refractivity contribution < 1.29 is 28.7 Å². The van der Waals surface area contributed by atoms with Crippen LogP contribution in [0.15, 0.2) is 53.5 Å². The highest BCUT2D eigenvalue weighted by Crippen LogP contribution is 2.33. The maximum atomic E-state index is 13.4. The van der Waals surface area contributed by atoms with Gasteiger partial charge in [-0.15, -0.1) is 0 Å². The number of imide groups is 2. The number of benzene rings is 2. The number of anilines is 4. The molecule has 0 saturated carbocycles. The number of fused-ring (bicyclic) bond motifs is 2. The van der Waals surface area contributed by atoms with Crippen LogP contribution in [-0.2, 0) is 14.4 Å². The van der Waals surface area contributed by atoms with Gasteiger partial charge >= 0.3 is 0 Å². The van der Waals surface area contributed by atoms with E-state index in [1.807, 2.05) is 38.1 Å². The Morgan fingerprint density at radius 3 is 2.38 bits per heavy atom. The zero-order valence-corrected chi connectivity index (χ0v) is 36.9. The molecule has 2 aromatic heterocycles. The topological polar surface area (TPSA) is 195 Å². The molecule has 0 radical (unpaired) electrons. The fraction of sp³-hybridized carbons (Fsp3) is 0.467. The molecule has 3 N–H and O–H groups in total. The first-order chi connectivity index (χ1) is 30.8. The Hall–Kier alpha value is -6.11. The third-order valence-electron chi connectivity index (χ3n) is 13.1. The number of hydrogen-bond donors (Lipinski definition) is 3. The second-order valence-electron chi connectivity index (χ2n) is 17.5. The fourth-order valence-electron chi connectivity index (χ4n) is 9.57. The van der Waals surface area contributed by atoms with Crippen LogP contribution in [0.2, 0.25) is 5.02 Å². The number of amides is 5. The summed E-state index contributed by atoms with van der Waals surface area (Å²) >= 11 is 6.61. The van der Waals surface area contributed by atoms with Crippen LogP contribution in [0.4, 0.5) is 23.1 Å². The van der Waals surface area contributed by atoms with Gasteiger partial charge in [0.2, 0.25) is 17.8 Å². The van der Waals surface area contributed by atoms with Crippen LogP contribution in [0.25, 0.3) is 10.9 Å². The molecule has 1 atom stereocenters. The van der Waals surface area contributed by atoms with E-state index >= 15 is 0 Å². The molecule has 0 spiro atoms. The van der Waals surface area contributed by atoms with Crippen molar-refractivity contribution >= 4 is 75.2 Å². The Morgan fingerprint density at radius 2 is 1.66 bits per heavy atom. The number of nitrogens with one attached hydrogen (secondary N) is 3. The Balaban J connectivity index is 0.745. The van der Waals surface area contributed by atoms with Gasteiger partial charge in [0.15, 0.2) is 18.2 Å². The highest BCUT2D eigenvalue weighted by Gasteiger charge is 2.45. The molecule has 2 aromatic carbocycles. The molecule has 9 rings (SSSR count). The molecule has 4 aromatic rings. The van der Waals surface area contributed by atoms with Gasteiger partial charge in [-0.25, -0.2) is 4.98 Å². The van der Waals surface area contributed by atoms with Gasteiger partial charge in [-0.2, -0.15) is 4.98 Å². The third kappa shape index (κ3) is 8.48. The number of hydrogen-bond acceptors (Lipinski definition) is 14. The molecule has 4 saturated heterocycles. The quantitative estimate of drug-likeness (QED) is 0.176. The second kappa shape index (κ2) is 17.8. The van der Waals surface area contributed by atoms with Crippen molar-refractivity contribution in [2.24, 2.45) is 5.92 Å². The molecule has 4 fully saturated rings. The third-order valence-corrected chi connectivity index (χ3v) is 13.4. The molecular formula is C45H52ClN11O7. The number of halogens is 1. The van der Waals surface area contributed by atoms with E-state index in [9.17, 15) is 28.8 Å². The van der Waals surface area contributed by atoms with E-state index in [-0.39, 0.29) is 42.7 Å². The fourth-order valence-corrected chi connectivity index (χ4v) is 9.71. The average Bonchev–Trinajstić information content (AvgIpc) is 3.52. The first-order valence-electron chi connectivity index (χ1n) is 22.0. The molecule has 7 heterocycles. The Bertz CT molecular complexity index is 2580. The smallest absolute Gasteiger partial charge is 0.293 e. The highest BCUT2D eigenvalue weighted by molar-refractivity contribution is 6.33. The highest BCUT2D eigenvalue weighted by atomic mass is 35.5. The molecule has 5 aliphatic rings. The van der Waals surface area contributed by atoms with Gasteiger partial charge in [-0.05, 0) is 81.5 Å². The van der Waals surface area contributed by atoms with Gasteiger partial charge < -0.3 is 29.7 Å². The first-order valence-corrected chi connectivity index (χ1v) is 22.4. The summed E-state index contributed by atoms with van der Waals surface area (Å²) in [6.45, 7) is 11.8. The molecule has 0 bridgehead atoms. The zero-order valence-electron chi connectivity index (χ0n) is 36.1. The normalized spacial score (nSPS) is 20.2. The van der Waals surface area contributed by atoms with Crippen LogP contribution in [-0.4, -0.2) is 143 Å². The van der Waals surface area contributed by atoms with Gasteiger partial charge in [0, 0.05) is 101 Å². The van der Waals surface area contributed by atoms with Crippen molar-refractivity contribution in [3.8, 4) is 5.75 Å². The van der Waals surface area contributed by atoms with Crippen molar-refractivity contribution in [2.45, 2.75) is 57.7 Å². The summed E-state index contributed by atoms with van der Waals surface area (Å²) in [6.07, 6.45) is 3.90. The summed E-state index contributed by atoms with van der Waals surface area (Å²) < 4.78 is 7.27. The van der Waals surface area contributed by atoms with Crippen LogP contribution in [0.3, 0.4) is 0 Å². The summed E-state index contributed by atoms with van der Waals surface area (Å²) in [7, 11) is 1.51. The van der Waals surface area contributed by atoms with Gasteiger partial charge in [-0.1, -0.05) is 11.6 Å². The lowest BCUT2D eigenvalue weighted by atomic mass is 9.94. The summed E-state index contributed by atoms with van der Waals surface area (Å²) in [5.74, 6) is -0.556. The standard InChI is InChI=1S/C45H52ClN11O7/c1-26(2)56-35-7-4-29(18-28(35)19-37(44(56)63)64-25-39(59)47-3)49-40-34(46)21-48-45(51-40)55-12-10-27(11-13-55)22-52-23-31(24-52)54-16-14-53(15-17-54)30-5-6-32-33(20-30)43(62)57(42(32)61)36-8-9-38(58)50-41(36)60/h4-7,18-21,26-27,31,36H,8-17,22-25H2,1-3H3,(H,47,59)(H,48,49,51)(H,50,58,60). The first kappa shape index (κ1) is 43.2. The number of piperazine rings is 1. The number of pyridine rings is 1. The van der Waals surface area contributed by atoms with Crippen LogP contribution in [0.1, 0.15) is 66.3 Å². The van der Waals surface area contributed by atoms with Crippen LogP contribution < -0.4 is 36.0 Å². The van der Waals surface area contributed by atoms with Crippen molar-refractivity contribution in [3.05, 3.63) is 75.2 Å². The molecule has 336 valence electrons. The summed E-state index contributed by atoms with van der Waals surface area (Å²) in [6, 6.07) is 12.0. The van der Waals surface area contributed by atoms with Crippen molar-refractivity contribution in [2.75, 3.05) is 87.7 Å². The Morgan fingerprint density at radius 1 is 0.906 bits per heavy atom. The number of piperidine rings is 2. The number of aromatic nitrogens is 3. The number of likely N-dealkylation sites (tertiary alicyclic amines) is 1. The number of likely N-dealkylation sites (N-methyl/N-ethyl adjacent to an activating group) is 1. The predicted octanol–water partition coefficient (Wildman–Crippen LogP) is 3.02. The van der Waals surface area contributed by atoms with Crippen LogP contribution in [0, 0.1) is 5.92 Å². The average molecular weight is 894 g/mol. The zero-order chi connectivity index (χ0) is 44.8. The minimum atomic E-state index is -0.977. The van der Waals surface area contributed by atoms with Crippen LogP contribution >= 0.6 is 11.6 Å². The number of nitrogens with zero attached hydrogens (tertiary/aromatic N) is 8. The van der Waals surface area contributed by atoms with Gasteiger partial charge in [0.1, 0.15) is 11.1 Å². The molecule has 5 amide bonds. The van der Waals surface area contributed by atoms with E-state index in [0.29, 0.717) is 39.9 Å². The Labute approximate surface area is 374 Å². The summed E-state index contributed by atoms with van der Waals surface area (Å²) in [5, 5.41) is 9.23. The summed E-state index contributed by atoms with van der Waals surface area (Å²) in [5.41, 5.74) is 2.63. The molecule has 64 heavy (non-hydrogen) atoms. The SMILES string of the molecule is CNC(=O)COc1cc2cc(Nc3nc(N4CCC(CN5CC(N6CCN(c7ccc8c(c7)C(=O)N(C7CCC(=O)NC7=O)C8=O)CC6)C5)CC4)ncc3Cl)ccc2n(C(C)C)c1=O. The maximum absolute atomic E-state index is 13.4. The predicted molar refractivity (Wildman–Crippen MR) is 241 cm³/mol. The number of ether oxygens (including phenoxy) is 1. The monoisotopic (exact) mass is 893 g/mol. The number of carbonyl (C=O) groups is 5. The molecule has 19 heteroatoms. The Kier molecular flexibility index (Phi) is 12.0. The van der Waals surface area contributed by atoms with Crippen molar-refractivity contribution in [1.29, 1.82) is 0 Å². The largest absolute Gasteiger partial charge is 0.478 e. The lowest BCUT2D eigenvalue weighted by molar-refractivity contribution is -0.136. The minimum absolute atomic E-state index is 0.0885. The molecule has 1 unspecified atom stereocenters. The van der Waals surface area contributed by atoms with Crippen molar-refractivity contribution in [1.82, 2.24) is 39.9 Å².